The molecule has 0 radical (unpaired) electrons. The third-order valence-electron chi connectivity index (χ3n) is 3.66. The zero-order chi connectivity index (χ0) is 14.5. The number of nitro benzene ring substituents is 1. The Morgan fingerprint density at radius 3 is 2.70 bits per heavy atom. The van der Waals surface area contributed by atoms with Gasteiger partial charge in [-0.2, -0.15) is 0 Å². The summed E-state index contributed by atoms with van der Waals surface area (Å²) in [7, 11) is 0. The molecule has 1 aliphatic rings. The van der Waals surface area contributed by atoms with Crippen LogP contribution in [0.2, 0.25) is 0 Å². The molecule has 5 heteroatoms. The maximum atomic E-state index is 11.5. The molecule has 0 saturated heterocycles. The van der Waals surface area contributed by atoms with E-state index in [2.05, 4.69) is 17.1 Å². The molecule has 0 amide bonds. The molecule has 1 aromatic carbocycles. The monoisotopic (exact) mass is 277 g/mol. The van der Waals surface area contributed by atoms with E-state index < -0.39 is 0 Å². The topological polar surface area (TPSA) is 58.4 Å². The zero-order valence-electron chi connectivity index (χ0n) is 12.3. The van der Waals surface area contributed by atoms with Crippen molar-refractivity contribution in [3.05, 3.63) is 28.3 Å². The van der Waals surface area contributed by atoms with Crippen LogP contribution in [0.25, 0.3) is 0 Å². The van der Waals surface area contributed by atoms with Gasteiger partial charge in [-0.1, -0.05) is 13.0 Å². The van der Waals surface area contributed by atoms with Gasteiger partial charge in [0, 0.05) is 19.6 Å². The van der Waals surface area contributed by atoms with Crippen LogP contribution in [-0.2, 0) is 0 Å². The number of nitrogens with one attached hydrogen (secondary N) is 1. The summed E-state index contributed by atoms with van der Waals surface area (Å²) in [5, 5.41) is 14.6. The first-order chi connectivity index (χ1) is 9.67. The van der Waals surface area contributed by atoms with Crippen LogP contribution < -0.4 is 10.2 Å². The van der Waals surface area contributed by atoms with Crippen molar-refractivity contribution in [2.45, 2.75) is 33.1 Å². The summed E-state index contributed by atoms with van der Waals surface area (Å²) >= 11 is 0. The fourth-order valence-corrected chi connectivity index (χ4v) is 2.39. The van der Waals surface area contributed by atoms with Crippen LogP contribution >= 0.6 is 0 Å². The van der Waals surface area contributed by atoms with Crippen LogP contribution in [0, 0.1) is 16.0 Å². The summed E-state index contributed by atoms with van der Waals surface area (Å²) in [5.74, 6) is 0.710. The quantitative estimate of drug-likeness (QED) is 0.582. The molecule has 0 aromatic heterocycles. The number of benzene rings is 1. The van der Waals surface area contributed by atoms with Crippen molar-refractivity contribution in [2.75, 3.05) is 29.9 Å². The Kier molecular flexibility index (Phi) is 4.82. The lowest BCUT2D eigenvalue weighted by molar-refractivity contribution is -0.383. The average molecular weight is 277 g/mol. The van der Waals surface area contributed by atoms with Gasteiger partial charge in [0.25, 0.3) is 0 Å². The Morgan fingerprint density at radius 2 is 2.15 bits per heavy atom. The summed E-state index contributed by atoms with van der Waals surface area (Å²) in [6.07, 6.45) is 3.44. The van der Waals surface area contributed by atoms with E-state index >= 15 is 0 Å². The van der Waals surface area contributed by atoms with E-state index in [1.165, 1.54) is 12.8 Å². The third-order valence-corrected chi connectivity index (χ3v) is 3.66. The molecule has 1 aromatic rings. The van der Waals surface area contributed by atoms with Gasteiger partial charge in [-0.05, 0) is 44.2 Å². The van der Waals surface area contributed by atoms with E-state index in [9.17, 15) is 10.1 Å². The summed E-state index contributed by atoms with van der Waals surface area (Å²) in [6, 6.07) is 5.55. The molecular weight excluding hydrogens is 254 g/mol. The molecule has 1 aliphatic carbocycles. The van der Waals surface area contributed by atoms with Crippen LogP contribution in [0.1, 0.15) is 33.1 Å². The molecule has 1 N–H and O–H groups in total. The van der Waals surface area contributed by atoms with Crippen LogP contribution in [0.15, 0.2) is 18.2 Å². The molecule has 0 unspecified atom stereocenters. The molecule has 0 bridgehead atoms. The minimum atomic E-state index is -0.261. The summed E-state index contributed by atoms with van der Waals surface area (Å²) in [5.41, 5.74) is 1.58. The number of hydrogen-bond donors (Lipinski definition) is 1. The number of para-hydroxylation sites is 1. The van der Waals surface area contributed by atoms with Crippen molar-refractivity contribution in [1.82, 2.24) is 0 Å². The smallest absolute Gasteiger partial charge is 0.315 e. The number of nitrogens with zero attached hydrogens (tertiary/aromatic N) is 2. The van der Waals surface area contributed by atoms with Gasteiger partial charge in [-0.25, -0.2) is 0 Å². The van der Waals surface area contributed by atoms with Crippen molar-refractivity contribution in [3.8, 4) is 0 Å². The van der Waals surface area contributed by atoms with E-state index in [-0.39, 0.29) is 10.6 Å². The normalized spacial score (nSPS) is 14.1. The number of hydrogen-bond acceptors (Lipinski definition) is 4. The number of anilines is 2. The molecule has 1 saturated carbocycles. The summed E-state index contributed by atoms with van der Waals surface area (Å²) in [4.78, 5) is 13.3. The maximum absolute atomic E-state index is 11.5. The molecule has 2 rings (SSSR count). The molecule has 0 heterocycles. The van der Waals surface area contributed by atoms with Crippen LogP contribution in [0.5, 0.6) is 0 Å². The summed E-state index contributed by atoms with van der Waals surface area (Å²) < 4.78 is 0. The molecule has 20 heavy (non-hydrogen) atoms. The minimum Gasteiger partial charge on any atom is -0.379 e. The van der Waals surface area contributed by atoms with Gasteiger partial charge in [-0.3, -0.25) is 10.1 Å². The van der Waals surface area contributed by atoms with Crippen molar-refractivity contribution in [1.29, 1.82) is 0 Å². The minimum absolute atomic E-state index is 0.212. The van der Waals surface area contributed by atoms with Crippen LogP contribution in [0.3, 0.4) is 0 Å². The first kappa shape index (κ1) is 14.6. The van der Waals surface area contributed by atoms with Crippen LogP contribution in [-0.4, -0.2) is 24.6 Å². The maximum Gasteiger partial charge on any atom is 0.315 e. The Bertz CT molecular complexity index is 472. The standard InChI is InChI=1S/C15H23N3O2/c1-3-10-16-13-6-5-7-14(15(13)18(19)20)17(4-2)11-12-8-9-12/h5-7,12,16H,3-4,8-11H2,1-2H3. The van der Waals surface area contributed by atoms with Crippen molar-refractivity contribution >= 4 is 17.1 Å². The van der Waals surface area contributed by atoms with E-state index in [0.29, 0.717) is 11.6 Å². The molecule has 5 nitrogen and oxygen atoms in total. The highest BCUT2D eigenvalue weighted by atomic mass is 16.6. The van der Waals surface area contributed by atoms with E-state index in [1.54, 1.807) is 6.07 Å². The molecule has 1 fully saturated rings. The summed E-state index contributed by atoms with van der Waals surface area (Å²) in [6.45, 7) is 6.58. The van der Waals surface area contributed by atoms with Gasteiger partial charge >= 0.3 is 5.69 Å². The second kappa shape index (κ2) is 6.59. The predicted octanol–water partition coefficient (Wildman–Crippen LogP) is 3.65. The lowest BCUT2D eigenvalue weighted by Gasteiger charge is -2.23. The first-order valence-corrected chi connectivity index (χ1v) is 7.43. The second-order valence-electron chi connectivity index (χ2n) is 5.34. The largest absolute Gasteiger partial charge is 0.379 e. The SMILES string of the molecule is CCCNc1cccc(N(CC)CC2CC2)c1[N+](=O)[O-]. The highest BCUT2D eigenvalue weighted by molar-refractivity contribution is 5.77. The Balaban J connectivity index is 2.31. The van der Waals surface area contributed by atoms with Crippen LogP contribution in [0.4, 0.5) is 17.1 Å². The van der Waals surface area contributed by atoms with Gasteiger partial charge in [0.15, 0.2) is 0 Å². The van der Waals surface area contributed by atoms with Gasteiger partial charge in [0.2, 0.25) is 0 Å². The number of rotatable bonds is 8. The lowest BCUT2D eigenvalue weighted by Crippen LogP contribution is -2.26. The lowest BCUT2D eigenvalue weighted by atomic mass is 10.2. The highest BCUT2D eigenvalue weighted by Gasteiger charge is 2.28. The highest BCUT2D eigenvalue weighted by Crippen LogP contribution is 2.38. The predicted molar refractivity (Wildman–Crippen MR) is 82.5 cm³/mol. The Morgan fingerprint density at radius 1 is 1.40 bits per heavy atom. The fraction of sp³-hybridized carbons (Fsp3) is 0.600. The van der Waals surface area contributed by atoms with Gasteiger partial charge in [0.1, 0.15) is 11.4 Å². The van der Waals surface area contributed by atoms with Crippen molar-refractivity contribution in [3.63, 3.8) is 0 Å². The van der Waals surface area contributed by atoms with Crippen molar-refractivity contribution < 1.29 is 4.92 Å². The average Bonchev–Trinajstić information content (AvgIpc) is 3.25. The first-order valence-electron chi connectivity index (χ1n) is 7.43. The molecule has 0 aliphatic heterocycles. The Labute approximate surface area is 120 Å². The molecule has 110 valence electrons. The van der Waals surface area contributed by atoms with Gasteiger partial charge in [-0.15, -0.1) is 0 Å². The van der Waals surface area contributed by atoms with Gasteiger partial charge < -0.3 is 10.2 Å². The van der Waals surface area contributed by atoms with E-state index in [4.69, 9.17) is 0 Å². The second-order valence-corrected chi connectivity index (χ2v) is 5.34. The molecule has 0 atom stereocenters. The van der Waals surface area contributed by atoms with E-state index in [0.717, 1.165) is 31.7 Å². The van der Waals surface area contributed by atoms with E-state index in [1.807, 2.05) is 19.1 Å². The Hall–Kier alpha value is -1.78. The molecular formula is C15H23N3O2. The van der Waals surface area contributed by atoms with Gasteiger partial charge in [0.05, 0.1) is 4.92 Å². The number of nitro groups is 1. The van der Waals surface area contributed by atoms with Crippen molar-refractivity contribution in [2.24, 2.45) is 5.92 Å². The molecule has 0 spiro atoms. The fourth-order valence-electron chi connectivity index (χ4n) is 2.39. The zero-order valence-corrected chi connectivity index (χ0v) is 12.3. The third kappa shape index (κ3) is 3.40.